The minimum atomic E-state index is -3.77. The van der Waals surface area contributed by atoms with E-state index in [9.17, 15) is 18.3 Å². The number of sulfonamides is 1. The van der Waals surface area contributed by atoms with E-state index in [0.717, 1.165) is 49.4 Å². The summed E-state index contributed by atoms with van der Waals surface area (Å²) in [6.45, 7) is 1.94. The second-order valence-corrected chi connectivity index (χ2v) is 14.2. The van der Waals surface area contributed by atoms with Crippen LogP contribution in [0.1, 0.15) is 66.4 Å². The van der Waals surface area contributed by atoms with Gasteiger partial charge in [-0.3, -0.25) is 4.79 Å². The van der Waals surface area contributed by atoms with Gasteiger partial charge in [0.25, 0.3) is 5.91 Å². The summed E-state index contributed by atoms with van der Waals surface area (Å²) in [4.78, 5) is 15.4. The first kappa shape index (κ1) is 27.6. The van der Waals surface area contributed by atoms with Crippen LogP contribution in [0.25, 0.3) is 0 Å². The molecule has 0 unspecified atom stereocenters. The van der Waals surface area contributed by atoms with Gasteiger partial charge in [-0.05, 0) is 105 Å². The van der Waals surface area contributed by atoms with Crippen molar-refractivity contribution < 1.29 is 23.1 Å². The molecule has 2 N–H and O–H groups in total. The predicted octanol–water partition coefficient (Wildman–Crippen LogP) is 5.00. The van der Waals surface area contributed by atoms with Crippen molar-refractivity contribution in [1.29, 1.82) is 0 Å². The molecule has 2 aromatic carbocycles. The monoisotopic (exact) mass is 584 g/mol. The number of anilines is 1. The quantitative estimate of drug-likeness (QED) is 0.423. The molecule has 2 heterocycles. The average molecular weight is 585 g/mol. The molecule has 7 nitrogen and oxygen atoms in total. The van der Waals surface area contributed by atoms with E-state index in [1.165, 1.54) is 11.1 Å². The molecule has 9 heteroatoms. The molecule has 1 saturated carbocycles. The number of aliphatic hydroxyl groups excluding tert-OH is 1. The molecule has 0 aromatic heterocycles. The van der Waals surface area contributed by atoms with Crippen molar-refractivity contribution in [2.24, 2.45) is 11.8 Å². The van der Waals surface area contributed by atoms with E-state index in [4.69, 9.17) is 16.3 Å². The van der Waals surface area contributed by atoms with E-state index in [1.807, 2.05) is 18.2 Å². The highest BCUT2D eigenvalue weighted by Crippen LogP contribution is 2.46. The van der Waals surface area contributed by atoms with Crippen molar-refractivity contribution in [3.63, 3.8) is 0 Å². The SMILES string of the molecule is O=C1NS(=O)(=O)CCC/C=C\C[C@H](O)[C@@H]2CC[C@H]2CN2C[C@@]3(CCCc4cc(Cl)ccc43)COc3ccc1cc32. The van der Waals surface area contributed by atoms with E-state index in [1.54, 1.807) is 18.2 Å². The van der Waals surface area contributed by atoms with Gasteiger partial charge in [0.15, 0.2) is 0 Å². The minimum Gasteiger partial charge on any atom is -0.490 e. The summed E-state index contributed by atoms with van der Waals surface area (Å²) in [5, 5.41) is 11.8. The van der Waals surface area contributed by atoms with Crippen molar-refractivity contribution in [3.8, 4) is 5.75 Å². The lowest BCUT2D eigenvalue weighted by Gasteiger charge is -2.45. The molecule has 2 aromatic rings. The van der Waals surface area contributed by atoms with Gasteiger partial charge in [-0.2, -0.15) is 0 Å². The Bertz CT molecular complexity index is 1430. The Morgan fingerprint density at radius 1 is 1.10 bits per heavy atom. The molecule has 0 radical (unpaired) electrons. The number of amides is 1. The number of benzene rings is 2. The standard InChI is InChI=1S/C31H37ClN2O5S/c32-24-10-12-26-21(16-24)6-5-14-31(26)19-34-18-23-8-11-25(23)28(35)7-3-1-2-4-15-40(37,38)33-30(36)22-9-13-29(39-20-31)27(34)17-22/h1,3,9-10,12-13,16-17,23,25,28,35H,2,4-8,11,14-15,18-20H2,(H,33,36)/b3-1-/t23-,25+,28-,31-/m0/s1. The smallest absolute Gasteiger partial charge is 0.264 e. The van der Waals surface area contributed by atoms with Crippen molar-refractivity contribution in [2.75, 3.05) is 30.3 Å². The summed E-state index contributed by atoms with van der Waals surface area (Å²) in [5.74, 6) is 0.440. The zero-order valence-corrected chi connectivity index (χ0v) is 24.2. The number of hydrogen-bond donors (Lipinski definition) is 2. The summed E-state index contributed by atoms with van der Waals surface area (Å²) in [7, 11) is -3.77. The van der Waals surface area contributed by atoms with Crippen LogP contribution in [0.4, 0.5) is 5.69 Å². The Kier molecular flexibility index (Phi) is 7.61. The number of carbonyl (C=O) groups is 1. The van der Waals surface area contributed by atoms with Gasteiger partial charge in [0.2, 0.25) is 10.0 Å². The van der Waals surface area contributed by atoms with Crippen molar-refractivity contribution >= 4 is 33.2 Å². The van der Waals surface area contributed by atoms with Gasteiger partial charge in [0.05, 0.1) is 24.2 Å². The summed E-state index contributed by atoms with van der Waals surface area (Å²) < 4.78 is 34.0. The molecule has 4 aliphatic rings. The molecule has 1 fully saturated rings. The third kappa shape index (κ3) is 5.50. The highest BCUT2D eigenvalue weighted by molar-refractivity contribution is 7.90. The number of aliphatic hydroxyl groups is 1. The molecular weight excluding hydrogens is 548 g/mol. The van der Waals surface area contributed by atoms with Crippen LogP contribution in [0.3, 0.4) is 0 Å². The maximum Gasteiger partial charge on any atom is 0.264 e. The Labute approximate surface area is 241 Å². The Morgan fingerprint density at radius 3 is 2.80 bits per heavy atom. The second kappa shape index (κ2) is 11.0. The number of allylic oxidation sites excluding steroid dienone is 1. The summed E-state index contributed by atoms with van der Waals surface area (Å²) in [6.07, 6.45) is 10.0. The zero-order valence-electron chi connectivity index (χ0n) is 22.6. The molecule has 6 rings (SSSR count). The molecule has 0 saturated heterocycles. The third-order valence-electron chi connectivity index (χ3n) is 9.30. The molecule has 40 heavy (non-hydrogen) atoms. The van der Waals surface area contributed by atoms with Crippen molar-refractivity contribution in [1.82, 2.24) is 4.72 Å². The van der Waals surface area contributed by atoms with Crippen LogP contribution in [0.2, 0.25) is 5.02 Å². The molecule has 4 atom stereocenters. The Hall–Kier alpha value is -2.55. The first-order valence-corrected chi connectivity index (χ1v) is 16.4. The zero-order chi connectivity index (χ0) is 27.9. The molecule has 1 spiro atoms. The second-order valence-electron chi connectivity index (χ2n) is 12.0. The number of fused-ring (bicyclic) bond motifs is 4. The topological polar surface area (TPSA) is 95.9 Å². The van der Waals surface area contributed by atoms with Crippen LogP contribution >= 0.6 is 11.6 Å². The lowest BCUT2D eigenvalue weighted by Crippen LogP contribution is -2.49. The fraction of sp³-hybridized carbons (Fsp3) is 0.516. The summed E-state index contributed by atoms with van der Waals surface area (Å²) in [6, 6.07) is 11.4. The number of aryl methyl sites for hydroxylation is 1. The number of nitrogens with one attached hydrogen (secondary N) is 1. The van der Waals surface area contributed by atoms with Gasteiger partial charge >= 0.3 is 0 Å². The first-order chi connectivity index (χ1) is 19.2. The first-order valence-electron chi connectivity index (χ1n) is 14.4. The predicted molar refractivity (Wildman–Crippen MR) is 157 cm³/mol. The largest absolute Gasteiger partial charge is 0.490 e. The maximum absolute atomic E-state index is 13.1. The van der Waals surface area contributed by atoms with Gasteiger partial charge in [0, 0.05) is 29.1 Å². The van der Waals surface area contributed by atoms with Crippen LogP contribution in [-0.4, -0.2) is 51.0 Å². The Balaban J connectivity index is 1.40. The van der Waals surface area contributed by atoms with Crippen LogP contribution in [0.15, 0.2) is 48.6 Å². The molecule has 2 aliphatic carbocycles. The fourth-order valence-electron chi connectivity index (χ4n) is 7.04. The minimum absolute atomic E-state index is 0.136. The van der Waals surface area contributed by atoms with Crippen molar-refractivity contribution in [2.45, 2.75) is 62.9 Å². The number of carbonyl (C=O) groups excluding carboxylic acids is 1. The number of hydrogen-bond acceptors (Lipinski definition) is 6. The normalized spacial score (nSPS) is 30.9. The highest BCUT2D eigenvalue weighted by atomic mass is 35.5. The van der Waals surface area contributed by atoms with Gasteiger partial charge in [-0.1, -0.05) is 29.8 Å². The number of ether oxygens (including phenoxy) is 1. The lowest BCUT2D eigenvalue weighted by molar-refractivity contribution is 0.0177. The fourth-order valence-corrected chi connectivity index (χ4v) is 8.28. The third-order valence-corrected chi connectivity index (χ3v) is 10.9. The van der Waals surface area contributed by atoms with E-state index in [0.29, 0.717) is 44.1 Å². The maximum atomic E-state index is 13.1. The number of rotatable bonds is 0. The van der Waals surface area contributed by atoms with Crippen LogP contribution in [0, 0.1) is 11.8 Å². The Morgan fingerprint density at radius 2 is 1.98 bits per heavy atom. The van der Waals surface area contributed by atoms with Crippen LogP contribution in [0.5, 0.6) is 5.75 Å². The molecular formula is C31H37ClN2O5S. The summed E-state index contributed by atoms with van der Waals surface area (Å²) >= 11 is 6.37. The number of nitrogens with zero attached hydrogens (tertiary/aromatic N) is 1. The van der Waals surface area contributed by atoms with Crippen LogP contribution in [-0.2, 0) is 21.9 Å². The van der Waals surface area contributed by atoms with Gasteiger partial charge in [-0.25, -0.2) is 13.1 Å². The van der Waals surface area contributed by atoms with Crippen LogP contribution < -0.4 is 14.4 Å². The van der Waals surface area contributed by atoms with E-state index in [2.05, 4.69) is 21.8 Å². The van der Waals surface area contributed by atoms with E-state index >= 15 is 0 Å². The average Bonchev–Trinajstić information content (AvgIpc) is 3.05. The summed E-state index contributed by atoms with van der Waals surface area (Å²) in [5.41, 5.74) is 3.36. The van der Waals surface area contributed by atoms with E-state index < -0.39 is 22.0 Å². The lowest BCUT2D eigenvalue weighted by atomic mass is 9.68. The van der Waals surface area contributed by atoms with Gasteiger partial charge in [0.1, 0.15) is 5.75 Å². The highest BCUT2D eigenvalue weighted by Gasteiger charge is 2.44. The molecule has 1 amide bonds. The van der Waals surface area contributed by atoms with Gasteiger partial charge in [-0.15, -0.1) is 0 Å². The molecule has 2 bridgehead atoms. The van der Waals surface area contributed by atoms with Crippen molar-refractivity contribution in [3.05, 3.63) is 70.3 Å². The molecule has 214 valence electrons. The van der Waals surface area contributed by atoms with E-state index in [-0.39, 0.29) is 22.6 Å². The molecule has 2 aliphatic heterocycles. The van der Waals surface area contributed by atoms with Gasteiger partial charge < -0.3 is 14.7 Å². The number of halogens is 1.